The van der Waals surface area contributed by atoms with E-state index >= 15 is 0 Å². The highest BCUT2D eigenvalue weighted by atomic mass is 79.9. The summed E-state index contributed by atoms with van der Waals surface area (Å²) in [6.45, 7) is 2.78. The minimum Gasteiger partial charge on any atom is -0.351 e. The first-order chi connectivity index (χ1) is 7.24. The van der Waals surface area contributed by atoms with Crippen molar-refractivity contribution >= 4 is 21.8 Å². The molecule has 0 bridgehead atoms. The first kappa shape index (κ1) is 12.2. The molecule has 1 unspecified atom stereocenters. The van der Waals surface area contributed by atoms with Crippen molar-refractivity contribution in [3.05, 3.63) is 30.1 Å². The van der Waals surface area contributed by atoms with Gasteiger partial charge in [-0.3, -0.25) is 9.78 Å². The molecule has 4 heteroatoms. The van der Waals surface area contributed by atoms with Crippen LogP contribution in [0, 0.1) is 0 Å². The summed E-state index contributed by atoms with van der Waals surface area (Å²) in [5.74, 6) is -0.0661. The number of carbonyl (C=O) groups excluding carboxylic acids is 1. The van der Waals surface area contributed by atoms with Gasteiger partial charge in [-0.15, -0.1) is 0 Å². The monoisotopic (exact) mass is 270 g/mol. The summed E-state index contributed by atoms with van der Waals surface area (Å²) in [7, 11) is 0. The predicted molar refractivity (Wildman–Crippen MR) is 64.2 cm³/mol. The zero-order valence-corrected chi connectivity index (χ0v) is 10.3. The minimum absolute atomic E-state index is 0.0661. The number of aromatic nitrogens is 1. The van der Waals surface area contributed by atoms with Crippen molar-refractivity contribution in [2.45, 2.75) is 24.6 Å². The summed E-state index contributed by atoms with van der Waals surface area (Å²) in [6, 6.07) is 3.51. The average Bonchev–Trinajstić information content (AvgIpc) is 2.27. The standard InChI is InChI=1S/C11H15BrN2O/c1-2-4-10(12)8-14-11(15)9-5-3-6-13-7-9/h3,5-7,10H,2,4,8H2,1H3,(H,14,15). The van der Waals surface area contributed by atoms with Crippen molar-refractivity contribution in [2.24, 2.45) is 0 Å². The lowest BCUT2D eigenvalue weighted by molar-refractivity contribution is 0.0953. The summed E-state index contributed by atoms with van der Waals surface area (Å²) < 4.78 is 0. The Labute approximate surface area is 98.4 Å². The molecule has 0 aromatic carbocycles. The normalized spacial score (nSPS) is 12.1. The first-order valence-electron chi connectivity index (χ1n) is 5.06. The van der Waals surface area contributed by atoms with Crippen LogP contribution in [-0.2, 0) is 0 Å². The number of halogens is 1. The smallest absolute Gasteiger partial charge is 0.252 e. The van der Waals surface area contributed by atoms with Crippen molar-refractivity contribution in [1.82, 2.24) is 10.3 Å². The largest absolute Gasteiger partial charge is 0.351 e. The number of pyridine rings is 1. The predicted octanol–water partition coefficient (Wildman–Crippen LogP) is 2.38. The molecule has 1 aromatic heterocycles. The summed E-state index contributed by atoms with van der Waals surface area (Å²) >= 11 is 3.51. The van der Waals surface area contributed by atoms with Gasteiger partial charge in [-0.1, -0.05) is 29.3 Å². The quantitative estimate of drug-likeness (QED) is 0.835. The first-order valence-corrected chi connectivity index (χ1v) is 5.98. The van der Waals surface area contributed by atoms with Crippen molar-refractivity contribution < 1.29 is 4.79 Å². The second kappa shape index (κ2) is 6.56. The molecule has 3 nitrogen and oxygen atoms in total. The van der Waals surface area contributed by atoms with E-state index in [9.17, 15) is 4.79 Å². The Morgan fingerprint density at radius 3 is 3.07 bits per heavy atom. The Balaban J connectivity index is 2.37. The Kier molecular flexibility index (Phi) is 5.32. The van der Waals surface area contributed by atoms with Crippen LogP contribution in [0.1, 0.15) is 30.1 Å². The van der Waals surface area contributed by atoms with E-state index in [0.717, 1.165) is 12.8 Å². The van der Waals surface area contributed by atoms with Crippen LogP contribution >= 0.6 is 15.9 Å². The maximum atomic E-state index is 11.6. The molecule has 0 saturated carbocycles. The number of alkyl halides is 1. The summed E-state index contributed by atoms with van der Waals surface area (Å²) in [5, 5.41) is 2.86. The van der Waals surface area contributed by atoms with E-state index in [-0.39, 0.29) is 5.91 Å². The van der Waals surface area contributed by atoms with Crippen LogP contribution in [0.15, 0.2) is 24.5 Å². The lowest BCUT2D eigenvalue weighted by Crippen LogP contribution is -2.29. The Morgan fingerprint density at radius 1 is 1.67 bits per heavy atom. The van der Waals surface area contributed by atoms with Gasteiger partial charge in [0.2, 0.25) is 0 Å². The van der Waals surface area contributed by atoms with Crippen LogP contribution in [-0.4, -0.2) is 22.3 Å². The Bertz CT molecular complexity index is 303. The van der Waals surface area contributed by atoms with Gasteiger partial charge < -0.3 is 5.32 Å². The molecule has 0 radical (unpaired) electrons. The molecule has 1 aromatic rings. The van der Waals surface area contributed by atoms with Crippen molar-refractivity contribution in [3.8, 4) is 0 Å². The lowest BCUT2D eigenvalue weighted by atomic mass is 10.2. The highest BCUT2D eigenvalue weighted by molar-refractivity contribution is 9.09. The van der Waals surface area contributed by atoms with Crippen LogP contribution in [0.3, 0.4) is 0 Å². The number of amides is 1. The molecule has 0 spiro atoms. The second-order valence-corrected chi connectivity index (χ2v) is 4.63. The van der Waals surface area contributed by atoms with Gasteiger partial charge in [0.1, 0.15) is 0 Å². The Morgan fingerprint density at radius 2 is 2.47 bits per heavy atom. The molecule has 1 N–H and O–H groups in total. The molecule has 1 amide bonds. The van der Waals surface area contributed by atoms with E-state index in [1.165, 1.54) is 0 Å². The molecule has 0 saturated heterocycles. The van der Waals surface area contributed by atoms with Gasteiger partial charge in [0.15, 0.2) is 0 Å². The average molecular weight is 271 g/mol. The van der Waals surface area contributed by atoms with Gasteiger partial charge in [0.05, 0.1) is 5.56 Å². The molecule has 1 heterocycles. The number of carbonyl (C=O) groups is 1. The number of hydrogen-bond acceptors (Lipinski definition) is 2. The summed E-state index contributed by atoms with van der Waals surface area (Å²) in [6.07, 6.45) is 5.39. The Hall–Kier alpha value is -0.900. The highest BCUT2D eigenvalue weighted by Gasteiger charge is 2.07. The zero-order valence-electron chi connectivity index (χ0n) is 8.74. The van der Waals surface area contributed by atoms with Crippen LogP contribution in [0.25, 0.3) is 0 Å². The van der Waals surface area contributed by atoms with Crippen LogP contribution in [0.4, 0.5) is 0 Å². The molecule has 0 aliphatic carbocycles. The fourth-order valence-electron chi connectivity index (χ4n) is 1.22. The highest BCUT2D eigenvalue weighted by Crippen LogP contribution is 2.06. The molecule has 0 aliphatic heterocycles. The fraction of sp³-hybridized carbons (Fsp3) is 0.455. The van der Waals surface area contributed by atoms with Crippen molar-refractivity contribution in [2.75, 3.05) is 6.54 Å². The van der Waals surface area contributed by atoms with E-state index in [2.05, 4.69) is 33.2 Å². The number of rotatable bonds is 5. The number of nitrogens with one attached hydrogen (secondary N) is 1. The molecule has 1 atom stereocenters. The van der Waals surface area contributed by atoms with Gasteiger partial charge in [0.25, 0.3) is 5.91 Å². The van der Waals surface area contributed by atoms with Crippen LogP contribution in [0.5, 0.6) is 0 Å². The van der Waals surface area contributed by atoms with Crippen LogP contribution in [0.2, 0.25) is 0 Å². The molecule has 1 rings (SSSR count). The van der Waals surface area contributed by atoms with E-state index in [4.69, 9.17) is 0 Å². The summed E-state index contributed by atoms with van der Waals surface area (Å²) in [5.41, 5.74) is 0.605. The molecule has 82 valence electrons. The molecule has 0 aliphatic rings. The third-order valence-electron chi connectivity index (χ3n) is 2.01. The van der Waals surface area contributed by atoms with E-state index < -0.39 is 0 Å². The maximum absolute atomic E-state index is 11.6. The SMILES string of the molecule is CCCC(Br)CNC(=O)c1cccnc1. The van der Waals surface area contributed by atoms with E-state index in [0.29, 0.717) is 16.9 Å². The minimum atomic E-state index is -0.0661. The number of nitrogens with zero attached hydrogens (tertiary/aromatic N) is 1. The van der Waals surface area contributed by atoms with Crippen molar-refractivity contribution in [1.29, 1.82) is 0 Å². The molecular formula is C11H15BrN2O. The van der Waals surface area contributed by atoms with Gasteiger partial charge in [-0.05, 0) is 18.6 Å². The van der Waals surface area contributed by atoms with E-state index in [1.807, 2.05) is 0 Å². The van der Waals surface area contributed by atoms with Crippen molar-refractivity contribution in [3.63, 3.8) is 0 Å². The third kappa shape index (κ3) is 4.42. The lowest BCUT2D eigenvalue weighted by Gasteiger charge is -2.09. The van der Waals surface area contributed by atoms with Crippen LogP contribution < -0.4 is 5.32 Å². The molecule has 0 fully saturated rings. The summed E-state index contributed by atoms with van der Waals surface area (Å²) in [4.78, 5) is 15.8. The van der Waals surface area contributed by atoms with Gasteiger partial charge >= 0.3 is 0 Å². The van der Waals surface area contributed by atoms with E-state index in [1.54, 1.807) is 24.5 Å². The number of hydrogen-bond donors (Lipinski definition) is 1. The third-order valence-corrected chi connectivity index (χ3v) is 2.79. The fourth-order valence-corrected chi connectivity index (χ4v) is 1.84. The zero-order chi connectivity index (χ0) is 11.1. The van der Waals surface area contributed by atoms with Gasteiger partial charge in [0, 0.05) is 23.8 Å². The van der Waals surface area contributed by atoms with Gasteiger partial charge in [-0.25, -0.2) is 0 Å². The van der Waals surface area contributed by atoms with Gasteiger partial charge in [-0.2, -0.15) is 0 Å². The maximum Gasteiger partial charge on any atom is 0.252 e. The second-order valence-electron chi connectivity index (χ2n) is 3.34. The topological polar surface area (TPSA) is 42.0 Å². The molecular weight excluding hydrogens is 256 g/mol. The molecule has 15 heavy (non-hydrogen) atoms.